The molecule has 0 unspecified atom stereocenters. The molecule has 2 aromatic heterocycles. The maximum Gasteiger partial charge on any atom is 0.117 e. The molecule has 4 heteroatoms. The van der Waals surface area contributed by atoms with E-state index in [2.05, 4.69) is 37.4 Å². The Morgan fingerprint density at radius 3 is 2.67 bits per heavy atom. The van der Waals surface area contributed by atoms with Crippen molar-refractivity contribution in [2.24, 2.45) is 0 Å². The van der Waals surface area contributed by atoms with E-state index in [1.54, 1.807) is 0 Å². The SMILES string of the molecule is Cc1cnn([C@@H](C)[C@@H](C)NCc2ccc(C)o2)c1. The maximum atomic E-state index is 5.54. The Labute approximate surface area is 108 Å². The number of hydrogen-bond acceptors (Lipinski definition) is 3. The standard InChI is InChI=1S/C14H21N3O/c1-10-7-16-17(9-10)13(4)12(3)15-8-14-6-5-11(2)18-14/h5-7,9,12-13,15H,8H2,1-4H3/t12-,13+/m1/s1. The van der Waals surface area contributed by atoms with Gasteiger partial charge in [0.05, 0.1) is 18.8 Å². The fourth-order valence-electron chi connectivity index (χ4n) is 1.90. The van der Waals surface area contributed by atoms with Crippen LogP contribution in [0.15, 0.2) is 28.9 Å². The second-order valence-corrected chi connectivity index (χ2v) is 4.92. The fourth-order valence-corrected chi connectivity index (χ4v) is 1.90. The van der Waals surface area contributed by atoms with Crippen LogP contribution in [0.5, 0.6) is 0 Å². The number of nitrogens with one attached hydrogen (secondary N) is 1. The first-order valence-electron chi connectivity index (χ1n) is 6.35. The highest BCUT2D eigenvalue weighted by Gasteiger charge is 2.14. The lowest BCUT2D eigenvalue weighted by Gasteiger charge is -2.21. The lowest BCUT2D eigenvalue weighted by atomic mass is 10.1. The molecule has 0 amide bonds. The monoisotopic (exact) mass is 247 g/mol. The van der Waals surface area contributed by atoms with Gasteiger partial charge in [0.15, 0.2) is 0 Å². The Morgan fingerprint density at radius 1 is 1.33 bits per heavy atom. The minimum absolute atomic E-state index is 0.315. The molecule has 4 nitrogen and oxygen atoms in total. The molecule has 0 aliphatic carbocycles. The van der Waals surface area contributed by atoms with E-state index in [0.29, 0.717) is 12.1 Å². The lowest BCUT2D eigenvalue weighted by Crippen LogP contribution is -2.33. The van der Waals surface area contributed by atoms with Crippen LogP contribution in [0.2, 0.25) is 0 Å². The smallest absolute Gasteiger partial charge is 0.117 e. The molecule has 2 atom stereocenters. The van der Waals surface area contributed by atoms with Gasteiger partial charge in [0, 0.05) is 12.2 Å². The van der Waals surface area contributed by atoms with Crippen LogP contribution in [0, 0.1) is 13.8 Å². The molecule has 0 aliphatic rings. The number of aryl methyl sites for hydroxylation is 2. The van der Waals surface area contributed by atoms with Crippen molar-refractivity contribution in [3.05, 3.63) is 41.6 Å². The van der Waals surface area contributed by atoms with E-state index in [1.165, 1.54) is 5.56 Å². The number of aromatic nitrogens is 2. The molecule has 0 radical (unpaired) electrons. The molecule has 0 saturated carbocycles. The second-order valence-electron chi connectivity index (χ2n) is 4.92. The topological polar surface area (TPSA) is 43.0 Å². The minimum Gasteiger partial charge on any atom is -0.465 e. The molecule has 0 fully saturated rings. The second kappa shape index (κ2) is 5.40. The van der Waals surface area contributed by atoms with Crippen LogP contribution in [0.25, 0.3) is 0 Å². The van der Waals surface area contributed by atoms with Crippen molar-refractivity contribution in [2.45, 2.75) is 46.3 Å². The summed E-state index contributed by atoms with van der Waals surface area (Å²) in [6, 6.07) is 4.64. The molecule has 0 spiro atoms. The first-order chi connectivity index (χ1) is 8.56. The van der Waals surface area contributed by atoms with Crippen LogP contribution < -0.4 is 5.32 Å². The molecule has 0 bridgehead atoms. The Morgan fingerprint density at radius 2 is 2.11 bits per heavy atom. The van der Waals surface area contributed by atoms with Crippen LogP contribution >= 0.6 is 0 Å². The molecule has 2 aromatic rings. The van der Waals surface area contributed by atoms with E-state index in [4.69, 9.17) is 4.42 Å². The molecule has 1 N–H and O–H groups in total. The van der Waals surface area contributed by atoms with E-state index in [0.717, 1.165) is 18.1 Å². The van der Waals surface area contributed by atoms with Crippen molar-refractivity contribution in [3.8, 4) is 0 Å². The summed E-state index contributed by atoms with van der Waals surface area (Å²) in [5.41, 5.74) is 1.19. The van der Waals surface area contributed by atoms with Crippen molar-refractivity contribution in [1.82, 2.24) is 15.1 Å². The highest BCUT2D eigenvalue weighted by atomic mass is 16.3. The third-order valence-corrected chi connectivity index (χ3v) is 3.27. The van der Waals surface area contributed by atoms with Gasteiger partial charge in [-0.15, -0.1) is 0 Å². The fraction of sp³-hybridized carbons (Fsp3) is 0.500. The highest BCUT2D eigenvalue weighted by Crippen LogP contribution is 2.12. The van der Waals surface area contributed by atoms with Gasteiger partial charge in [-0.3, -0.25) is 4.68 Å². The van der Waals surface area contributed by atoms with Crippen molar-refractivity contribution >= 4 is 0 Å². The zero-order valence-corrected chi connectivity index (χ0v) is 11.5. The first-order valence-corrected chi connectivity index (χ1v) is 6.35. The van der Waals surface area contributed by atoms with Gasteiger partial charge in [-0.1, -0.05) is 0 Å². The Hall–Kier alpha value is -1.55. The third-order valence-electron chi connectivity index (χ3n) is 3.27. The van der Waals surface area contributed by atoms with E-state index >= 15 is 0 Å². The van der Waals surface area contributed by atoms with E-state index < -0.39 is 0 Å². The summed E-state index contributed by atoms with van der Waals surface area (Å²) in [6.45, 7) is 9.09. The largest absolute Gasteiger partial charge is 0.465 e. The molecule has 98 valence electrons. The minimum atomic E-state index is 0.315. The van der Waals surface area contributed by atoms with Crippen molar-refractivity contribution < 1.29 is 4.42 Å². The molecule has 0 saturated heterocycles. The van der Waals surface area contributed by atoms with Crippen LogP contribution in [0.3, 0.4) is 0 Å². The van der Waals surface area contributed by atoms with Crippen molar-refractivity contribution in [3.63, 3.8) is 0 Å². The molecule has 2 heterocycles. The first kappa shape index (κ1) is 12.9. The lowest BCUT2D eigenvalue weighted by molar-refractivity contribution is 0.349. The van der Waals surface area contributed by atoms with E-state index in [1.807, 2.05) is 29.9 Å². The predicted octanol–water partition coefficient (Wildman–Crippen LogP) is 2.83. The van der Waals surface area contributed by atoms with Crippen molar-refractivity contribution in [1.29, 1.82) is 0 Å². The van der Waals surface area contributed by atoms with Crippen LogP contribution in [0.4, 0.5) is 0 Å². The number of hydrogen-bond donors (Lipinski definition) is 1. The molecule has 18 heavy (non-hydrogen) atoms. The van der Waals surface area contributed by atoms with Crippen LogP contribution in [0.1, 0.15) is 37.0 Å². The third kappa shape index (κ3) is 3.01. The average molecular weight is 247 g/mol. The predicted molar refractivity (Wildman–Crippen MR) is 71.4 cm³/mol. The van der Waals surface area contributed by atoms with Gasteiger partial charge < -0.3 is 9.73 Å². The maximum absolute atomic E-state index is 5.54. The van der Waals surface area contributed by atoms with Gasteiger partial charge in [-0.25, -0.2) is 0 Å². The molecular weight excluding hydrogens is 226 g/mol. The average Bonchev–Trinajstić information content (AvgIpc) is 2.94. The molecule has 0 aromatic carbocycles. The Kier molecular flexibility index (Phi) is 3.87. The van der Waals surface area contributed by atoms with Gasteiger partial charge in [0.2, 0.25) is 0 Å². The van der Waals surface area contributed by atoms with Crippen molar-refractivity contribution in [2.75, 3.05) is 0 Å². The summed E-state index contributed by atoms with van der Waals surface area (Å²) < 4.78 is 7.54. The summed E-state index contributed by atoms with van der Waals surface area (Å²) in [7, 11) is 0. The summed E-state index contributed by atoms with van der Waals surface area (Å²) in [5, 5.41) is 7.81. The summed E-state index contributed by atoms with van der Waals surface area (Å²) >= 11 is 0. The van der Waals surface area contributed by atoms with Gasteiger partial charge in [0.1, 0.15) is 11.5 Å². The van der Waals surface area contributed by atoms with Gasteiger partial charge >= 0.3 is 0 Å². The summed E-state index contributed by atoms with van der Waals surface area (Å²) in [6.07, 6.45) is 3.96. The van der Waals surface area contributed by atoms with E-state index in [-0.39, 0.29) is 0 Å². The zero-order valence-electron chi connectivity index (χ0n) is 11.5. The summed E-state index contributed by atoms with van der Waals surface area (Å²) in [4.78, 5) is 0. The van der Waals surface area contributed by atoms with Gasteiger partial charge in [-0.05, 0) is 45.4 Å². The quantitative estimate of drug-likeness (QED) is 0.883. The number of rotatable bonds is 5. The van der Waals surface area contributed by atoms with Crippen LogP contribution in [-0.4, -0.2) is 15.8 Å². The highest BCUT2D eigenvalue weighted by molar-refractivity contribution is 5.05. The number of nitrogens with zero attached hydrogens (tertiary/aromatic N) is 2. The van der Waals surface area contributed by atoms with Gasteiger partial charge in [0.25, 0.3) is 0 Å². The van der Waals surface area contributed by atoms with E-state index in [9.17, 15) is 0 Å². The summed E-state index contributed by atoms with van der Waals surface area (Å²) in [5.74, 6) is 1.93. The molecule has 2 rings (SSSR count). The van der Waals surface area contributed by atoms with Crippen LogP contribution in [-0.2, 0) is 6.54 Å². The number of furan rings is 1. The van der Waals surface area contributed by atoms with Gasteiger partial charge in [-0.2, -0.15) is 5.10 Å². The molecular formula is C14H21N3O. The Bertz CT molecular complexity index is 501. The zero-order chi connectivity index (χ0) is 13.1. The normalized spacial score (nSPS) is 14.7. The molecule has 0 aliphatic heterocycles. The Balaban J connectivity index is 1.89.